The van der Waals surface area contributed by atoms with Crippen LogP contribution in [0.4, 0.5) is 0 Å². The number of carbonyl (C=O) groups is 3. The first kappa shape index (κ1) is 24.7. The molecule has 1 aromatic carbocycles. The molecule has 0 fully saturated rings. The highest BCUT2D eigenvalue weighted by Gasteiger charge is 2.43. The molecule has 0 radical (unpaired) electrons. The molecule has 8 heteroatoms. The van der Waals surface area contributed by atoms with Crippen LogP contribution in [0.1, 0.15) is 59.8 Å². The van der Waals surface area contributed by atoms with Gasteiger partial charge in [-0.1, -0.05) is 45.9 Å². The Morgan fingerprint density at radius 3 is 1.97 bits per heavy atom. The molecule has 0 bridgehead atoms. The average Bonchev–Trinajstić information content (AvgIpc) is 3.10. The largest absolute Gasteiger partial charge is 0.480 e. The predicted molar refractivity (Wildman–Crippen MR) is 118 cm³/mol. The topological polar surface area (TPSA) is 139 Å². The molecule has 8 nitrogen and oxygen atoms in total. The maximum absolute atomic E-state index is 13.0. The fourth-order valence-corrected chi connectivity index (χ4v) is 4.11. The van der Waals surface area contributed by atoms with E-state index in [2.05, 4.69) is 0 Å². The lowest BCUT2D eigenvalue weighted by Crippen LogP contribution is -2.58. The van der Waals surface area contributed by atoms with E-state index in [0.29, 0.717) is 12.8 Å². The molecule has 2 amide bonds. The van der Waals surface area contributed by atoms with Gasteiger partial charge in [-0.2, -0.15) is 0 Å². The second-order valence-corrected chi connectivity index (χ2v) is 7.98. The van der Waals surface area contributed by atoms with Crippen molar-refractivity contribution in [3.05, 3.63) is 34.8 Å². The number of carboxylic acid groups (broad SMARTS) is 1. The smallest absolute Gasteiger partial charge is 0.327 e. The van der Waals surface area contributed by atoms with E-state index in [0.717, 1.165) is 21.0 Å². The summed E-state index contributed by atoms with van der Waals surface area (Å²) < 4.78 is 0. The van der Waals surface area contributed by atoms with Gasteiger partial charge in [0.2, 0.25) is 11.8 Å². The van der Waals surface area contributed by atoms with E-state index >= 15 is 0 Å². The molecule has 3 unspecified atom stereocenters. The number of para-hydroxylation sites is 1. The highest BCUT2D eigenvalue weighted by molar-refractivity contribution is 6.03. The summed E-state index contributed by atoms with van der Waals surface area (Å²) in [5, 5.41) is 11.8. The summed E-state index contributed by atoms with van der Waals surface area (Å²) >= 11 is 0. The van der Waals surface area contributed by atoms with Crippen LogP contribution >= 0.6 is 0 Å². The lowest BCUT2D eigenvalue weighted by atomic mass is 9.81. The van der Waals surface area contributed by atoms with Gasteiger partial charge in [-0.25, -0.2) is 4.79 Å². The van der Waals surface area contributed by atoms with Crippen molar-refractivity contribution in [2.75, 3.05) is 0 Å². The number of amides is 2. The normalized spacial score (nSPS) is 17.3. The third-order valence-electron chi connectivity index (χ3n) is 6.28. The first-order valence-corrected chi connectivity index (χ1v) is 11.0. The number of rotatable bonds is 10. The van der Waals surface area contributed by atoms with E-state index in [1.807, 2.05) is 38.1 Å². The van der Waals surface area contributed by atoms with E-state index in [-0.39, 0.29) is 19.3 Å². The van der Waals surface area contributed by atoms with Crippen molar-refractivity contribution in [3.8, 4) is 0 Å². The van der Waals surface area contributed by atoms with Crippen LogP contribution in [-0.2, 0) is 14.4 Å². The summed E-state index contributed by atoms with van der Waals surface area (Å²) in [6.07, 6.45) is 1.87. The molecule has 5 N–H and O–H groups in total. The van der Waals surface area contributed by atoms with Gasteiger partial charge in [0.15, 0.2) is 0 Å². The minimum atomic E-state index is -1.41. The van der Waals surface area contributed by atoms with Gasteiger partial charge >= 0.3 is 5.97 Å². The highest BCUT2D eigenvalue weighted by atomic mass is 16.4. The Balaban J connectivity index is 2.64. The fraction of sp³-hybridized carbons (Fsp3) is 0.565. The van der Waals surface area contributed by atoms with Gasteiger partial charge in [0, 0.05) is 11.6 Å². The van der Waals surface area contributed by atoms with E-state index in [1.165, 1.54) is 0 Å². The molecule has 31 heavy (non-hydrogen) atoms. The van der Waals surface area contributed by atoms with Crippen LogP contribution in [0.3, 0.4) is 0 Å². The van der Waals surface area contributed by atoms with Gasteiger partial charge in [-0.05, 0) is 37.3 Å². The number of nitrogens with zero attached hydrogens (tertiary/aromatic N) is 2. The molecule has 1 aliphatic rings. The maximum atomic E-state index is 13.0. The summed E-state index contributed by atoms with van der Waals surface area (Å²) in [5.74, 6) is -2.70. The van der Waals surface area contributed by atoms with Crippen molar-refractivity contribution in [3.63, 3.8) is 0 Å². The zero-order valence-electron chi connectivity index (χ0n) is 18.8. The molecule has 0 aromatic heterocycles. The Labute approximate surface area is 183 Å². The van der Waals surface area contributed by atoms with Crippen LogP contribution in [0.25, 0.3) is 5.57 Å². The standard InChI is InChI=1S/C23H34N4O4/c1-5-16(24)20(28)27(21(29)17(25)6-2)19(22(30)31)13-15-14-11-9-10-12-18(14)26-23(15,7-3)8-4/h9-12,16-17,19H,5-8,13,24-25H2,1-4H3,(H,30,31). The number of hydrogen-bond donors (Lipinski definition) is 3. The summed E-state index contributed by atoms with van der Waals surface area (Å²) in [4.78, 5) is 44.1. The predicted octanol–water partition coefficient (Wildman–Crippen LogP) is 0.702. The first-order chi connectivity index (χ1) is 14.7. The monoisotopic (exact) mass is 430 g/mol. The molecular weight excluding hydrogens is 396 g/mol. The SMILES string of the molecule is CCC(N)C(=O)N(C(=O)C(N)CC)C(CC1=c2ccccc2=NC1(CC)CC)C(=O)O. The number of imide groups is 1. The first-order valence-electron chi connectivity index (χ1n) is 11.0. The van der Waals surface area contributed by atoms with Crippen LogP contribution in [0, 0.1) is 0 Å². The van der Waals surface area contributed by atoms with Gasteiger partial charge in [-0.15, -0.1) is 0 Å². The summed E-state index contributed by atoms with van der Waals surface area (Å²) in [7, 11) is 0. The van der Waals surface area contributed by atoms with Crippen molar-refractivity contribution in [1.29, 1.82) is 0 Å². The van der Waals surface area contributed by atoms with Crippen molar-refractivity contribution in [2.24, 2.45) is 16.5 Å². The van der Waals surface area contributed by atoms with Crippen molar-refractivity contribution < 1.29 is 19.5 Å². The Hall–Kier alpha value is -2.58. The van der Waals surface area contributed by atoms with E-state index in [9.17, 15) is 19.5 Å². The summed E-state index contributed by atoms with van der Waals surface area (Å²) in [5.41, 5.74) is 12.1. The second kappa shape index (κ2) is 10.2. The Bertz CT molecular complexity index is 933. The number of hydrogen-bond acceptors (Lipinski definition) is 6. The lowest BCUT2D eigenvalue weighted by molar-refractivity contribution is -0.159. The van der Waals surface area contributed by atoms with Crippen molar-refractivity contribution in [2.45, 2.75) is 83.5 Å². The van der Waals surface area contributed by atoms with Crippen LogP contribution in [0.15, 0.2) is 29.3 Å². The lowest BCUT2D eigenvalue weighted by Gasteiger charge is -2.34. The molecule has 0 spiro atoms. The molecule has 2 rings (SSSR count). The molecule has 1 aliphatic heterocycles. The zero-order valence-corrected chi connectivity index (χ0v) is 18.8. The quantitative estimate of drug-likeness (QED) is 0.499. The zero-order chi connectivity index (χ0) is 23.3. The van der Waals surface area contributed by atoms with Crippen LogP contribution in [0.5, 0.6) is 0 Å². The molecule has 0 aliphatic carbocycles. The van der Waals surface area contributed by atoms with Gasteiger partial charge in [0.1, 0.15) is 6.04 Å². The number of fused-ring (bicyclic) bond motifs is 1. The minimum absolute atomic E-state index is 0.0259. The van der Waals surface area contributed by atoms with Gasteiger partial charge in [-0.3, -0.25) is 19.5 Å². The van der Waals surface area contributed by atoms with Crippen LogP contribution in [0.2, 0.25) is 0 Å². The molecule has 3 atom stereocenters. The number of carboxylic acids is 1. The Morgan fingerprint density at radius 2 is 1.52 bits per heavy atom. The summed E-state index contributed by atoms with van der Waals surface area (Å²) in [6, 6.07) is 4.18. The van der Waals surface area contributed by atoms with Gasteiger partial charge in [0.25, 0.3) is 0 Å². The molecule has 170 valence electrons. The molecule has 1 aromatic rings. The second-order valence-electron chi connectivity index (χ2n) is 7.98. The average molecular weight is 431 g/mol. The van der Waals surface area contributed by atoms with Crippen LogP contribution < -0.4 is 22.0 Å². The Kier molecular flexibility index (Phi) is 8.08. The number of nitrogens with two attached hydrogens (primary N) is 2. The van der Waals surface area contributed by atoms with E-state index in [1.54, 1.807) is 13.8 Å². The molecule has 0 saturated carbocycles. The number of benzene rings is 1. The minimum Gasteiger partial charge on any atom is -0.480 e. The summed E-state index contributed by atoms with van der Waals surface area (Å²) in [6.45, 7) is 7.42. The molecule has 1 heterocycles. The fourth-order valence-electron chi connectivity index (χ4n) is 4.11. The van der Waals surface area contributed by atoms with Crippen LogP contribution in [-0.4, -0.2) is 51.5 Å². The maximum Gasteiger partial charge on any atom is 0.327 e. The third-order valence-corrected chi connectivity index (χ3v) is 6.28. The van der Waals surface area contributed by atoms with Gasteiger partial charge < -0.3 is 16.6 Å². The molecular formula is C23H34N4O4. The third kappa shape index (κ3) is 4.70. The van der Waals surface area contributed by atoms with E-state index in [4.69, 9.17) is 16.5 Å². The van der Waals surface area contributed by atoms with Gasteiger partial charge in [0.05, 0.1) is 23.0 Å². The number of aliphatic carboxylic acids is 1. The van der Waals surface area contributed by atoms with E-state index < -0.39 is 41.4 Å². The van der Waals surface area contributed by atoms with Crippen molar-refractivity contribution >= 4 is 23.4 Å². The Morgan fingerprint density at radius 1 is 1.00 bits per heavy atom. The molecule has 0 saturated heterocycles. The highest BCUT2D eigenvalue weighted by Crippen LogP contribution is 2.35. The number of carbonyl (C=O) groups excluding carboxylic acids is 2. The van der Waals surface area contributed by atoms with Crippen molar-refractivity contribution in [1.82, 2.24) is 4.90 Å².